The molecule has 0 bridgehead atoms. The Morgan fingerprint density at radius 3 is 2.70 bits per heavy atom. The molecular weight excluding hydrogens is 314 g/mol. The summed E-state index contributed by atoms with van der Waals surface area (Å²) < 4.78 is 10.6. The highest BCUT2D eigenvalue weighted by Crippen LogP contribution is 2.28. The lowest BCUT2D eigenvalue weighted by Crippen LogP contribution is -2.13. The van der Waals surface area contributed by atoms with Crippen molar-refractivity contribution >= 4 is 23.3 Å². The van der Waals surface area contributed by atoms with E-state index in [0.717, 1.165) is 16.0 Å². The summed E-state index contributed by atoms with van der Waals surface area (Å²) in [6.07, 6.45) is 0. The summed E-state index contributed by atoms with van der Waals surface area (Å²) >= 11 is 1.51. The predicted octanol–water partition coefficient (Wildman–Crippen LogP) is 3.68. The lowest BCUT2D eigenvalue weighted by Gasteiger charge is -2.06. The average Bonchev–Trinajstić information content (AvgIpc) is 3.15. The maximum Gasteiger partial charge on any atom is 0.322 e. The molecule has 2 aromatic heterocycles. The van der Waals surface area contributed by atoms with E-state index in [1.165, 1.54) is 11.3 Å². The van der Waals surface area contributed by atoms with E-state index in [9.17, 15) is 4.79 Å². The Hall–Kier alpha value is -2.67. The van der Waals surface area contributed by atoms with Crippen LogP contribution in [0.25, 0.3) is 10.8 Å². The Balaban J connectivity index is 1.79. The van der Waals surface area contributed by atoms with E-state index in [2.05, 4.69) is 15.5 Å². The number of anilines is 1. The molecular formula is C16H15N3O3S. The van der Waals surface area contributed by atoms with Crippen molar-refractivity contribution in [1.29, 1.82) is 0 Å². The van der Waals surface area contributed by atoms with Crippen molar-refractivity contribution in [3.8, 4) is 16.5 Å². The maximum atomic E-state index is 12.3. The second-order valence-corrected chi connectivity index (χ2v) is 5.90. The molecule has 0 unspecified atom stereocenters. The monoisotopic (exact) mass is 329 g/mol. The van der Waals surface area contributed by atoms with Gasteiger partial charge in [-0.1, -0.05) is 5.10 Å². The minimum Gasteiger partial charge on any atom is -0.497 e. The van der Waals surface area contributed by atoms with Gasteiger partial charge in [-0.15, -0.1) is 16.4 Å². The Morgan fingerprint density at radius 1 is 1.22 bits per heavy atom. The number of aromatic nitrogens is 2. The number of carbonyl (C=O) groups excluding carboxylic acids is 1. The molecule has 6 nitrogen and oxygen atoms in total. The normalized spacial score (nSPS) is 10.6. The van der Waals surface area contributed by atoms with E-state index in [1.54, 1.807) is 25.3 Å². The number of nitrogens with one attached hydrogen (secondary N) is 1. The molecule has 3 rings (SSSR count). The average molecular weight is 329 g/mol. The number of ether oxygens (including phenoxy) is 1. The first-order chi connectivity index (χ1) is 11.1. The van der Waals surface area contributed by atoms with Gasteiger partial charge in [-0.05, 0) is 54.6 Å². The zero-order chi connectivity index (χ0) is 16.4. The first-order valence-corrected chi connectivity index (χ1v) is 7.80. The second-order valence-electron chi connectivity index (χ2n) is 4.98. The van der Waals surface area contributed by atoms with Crippen LogP contribution in [0.3, 0.4) is 0 Å². The van der Waals surface area contributed by atoms with Gasteiger partial charge < -0.3 is 9.15 Å². The van der Waals surface area contributed by atoms with Gasteiger partial charge in [0.1, 0.15) is 5.75 Å². The fraction of sp³-hybridized carbons (Fsp3) is 0.188. The van der Waals surface area contributed by atoms with Crippen molar-refractivity contribution in [2.75, 3.05) is 12.4 Å². The standard InChI is InChI=1S/C16H15N3O3S/c1-9-6-7-23-13(9)15-18-19-16(22-15)17-14(20)12-5-4-11(21-3)8-10(12)2/h4-8H,1-3H3,(H,17,19,20). The summed E-state index contributed by atoms with van der Waals surface area (Å²) in [7, 11) is 1.58. The third-order valence-corrected chi connectivity index (χ3v) is 4.38. The molecule has 118 valence electrons. The second kappa shape index (κ2) is 6.21. The van der Waals surface area contributed by atoms with Crippen LogP contribution >= 0.6 is 11.3 Å². The molecule has 0 aliphatic heterocycles. The van der Waals surface area contributed by atoms with Gasteiger partial charge in [0.2, 0.25) is 0 Å². The van der Waals surface area contributed by atoms with Crippen LogP contribution in [0, 0.1) is 13.8 Å². The summed E-state index contributed by atoms with van der Waals surface area (Å²) in [4.78, 5) is 13.2. The Labute approximate surface area is 137 Å². The molecule has 0 radical (unpaired) electrons. The summed E-state index contributed by atoms with van der Waals surface area (Å²) in [6, 6.07) is 7.28. The Kier molecular flexibility index (Phi) is 4.12. The van der Waals surface area contributed by atoms with Gasteiger partial charge in [-0.25, -0.2) is 0 Å². The van der Waals surface area contributed by atoms with Crippen LogP contribution in [0.5, 0.6) is 5.75 Å². The molecule has 0 saturated carbocycles. The molecule has 0 saturated heterocycles. The van der Waals surface area contributed by atoms with Gasteiger partial charge in [0.25, 0.3) is 11.8 Å². The molecule has 1 aromatic carbocycles. The number of amides is 1. The van der Waals surface area contributed by atoms with Crippen molar-refractivity contribution in [2.24, 2.45) is 0 Å². The maximum absolute atomic E-state index is 12.3. The number of benzene rings is 1. The highest BCUT2D eigenvalue weighted by atomic mass is 32.1. The number of nitrogens with zero attached hydrogens (tertiary/aromatic N) is 2. The molecule has 0 aliphatic carbocycles. The van der Waals surface area contributed by atoms with Gasteiger partial charge in [0.15, 0.2) is 0 Å². The number of aryl methyl sites for hydroxylation is 2. The molecule has 7 heteroatoms. The first-order valence-electron chi connectivity index (χ1n) is 6.92. The smallest absolute Gasteiger partial charge is 0.322 e. The van der Waals surface area contributed by atoms with Gasteiger partial charge in [0.05, 0.1) is 12.0 Å². The fourth-order valence-corrected chi connectivity index (χ4v) is 2.99. The summed E-state index contributed by atoms with van der Waals surface area (Å²) in [5, 5.41) is 12.4. The van der Waals surface area contributed by atoms with Crippen LogP contribution < -0.4 is 10.1 Å². The molecule has 23 heavy (non-hydrogen) atoms. The molecule has 2 heterocycles. The Morgan fingerprint density at radius 2 is 2.04 bits per heavy atom. The van der Waals surface area contributed by atoms with Crippen LogP contribution in [-0.2, 0) is 0 Å². The van der Waals surface area contributed by atoms with E-state index >= 15 is 0 Å². The van der Waals surface area contributed by atoms with Gasteiger partial charge >= 0.3 is 6.01 Å². The molecule has 0 fully saturated rings. The quantitative estimate of drug-likeness (QED) is 0.790. The number of methoxy groups -OCH3 is 1. The molecule has 0 spiro atoms. The zero-order valence-electron chi connectivity index (χ0n) is 12.9. The van der Waals surface area contributed by atoms with Gasteiger partial charge in [0, 0.05) is 5.56 Å². The molecule has 1 amide bonds. The minimum absolute atomic E-state index is 0.0769. The minimum atomic E-state index is -0.303. The Bertz CT molecular complexity index is 854. The number of carbonyl (C=O) groups is 1. The van der Waals surface area contributed by atoms with Crippen molar-refractivity contribution in [3.05, 3.63) is 46.3 Å². The van der Waals surface area contributed by atoms with Crippen molar-refractivity contribution in [2.45, 2.75) is 13.8 Å². The molecule has 3 aromatic rings. The van der Waals surface area contributed by atoms with Gasteiger partial charge in [-0.3, -0.25) is 10.1 Å². The van der Waals surface area contributed by atoms with Gasteiger partial charge in [-0.2, -0.15) is 0 Å². The summed E-state index contributed by atoms with van der Waals surface area (Å²) in [6.45, 7) is 3.81. The topological polar surface area (TPSA) is 77.2 Å². The van der Waals surface area contributed by atoms with Crippen molar-refractivity contribution < 1.29 is 13.9 Å². The fourth-order valence-electron chi connectivity index (χ4n) is 2.14. The number of hydrogen-bond acceptors (Lipinski definition) is 6. The zero-order valence-corrected chi connectivity index (χ0v) is 13.7. The molecule has 1 N–H and O–H groups in total. The number of hydrogen-bond donors (Lipinski definition) is 1. The molecule has 0 atom stereocenters. The highest BCUT2D eigenvalue weighted by molar-refractivity contribution is 7.13. The van der Waals surface area contributed by atoms with E-state index < -0.39 is 0 Å². The lowest BCUT2D eigenvalue weighted by atomic mass is 10.1. The number of rotatable bonds is 4. The van der Waals surface area contributed by atoms with Crippen molar-refractivity contribution in [1.82, 2.24) is 10.2 Å². The van der Waals surface area contributed by atoms with Crippen molar-refractivity contribution in [3.63, 3.8) is 0 Å². The van der Waals surface area contributed by atoms with E-state index in [1.807, 2.05) is 25.3 Å². The predicted molar refractivity (Wildman–Crippen MR) is 88.0 cm³/mol. The SMILES string of the molecule is COc1ccc(C(=O)Nc2nnc(-c3sccc3C)o2)c(C)c1. The molecule has 0 aliphatic rings. The first kappa shape index (κ1) is 15.2. The van der Waals surface area contributed by atoms with E-state index in [4.69, 9.17) is 9.15 Å². The van der Waals surface area contributed by atoms with Crippen LogP contribution in [0.2, 0.25) is 0 Å². The van der Waals surface area contributed by atoms with Crippen LogP contribution in [-0.4, -0.2) is 23.2 Å². The van der Waals surface area contributed by atoms with E-state index in [-0.39, 0.29) is 11.9 Å². The van der Waals surface area contributed by atoms with E-state index in [0.29, 0.717) is 17.2 Å². The third-order valence-electron chi connectivity index (χ3n) is 3.38. The largest absolute Gasteiger partial charge is 0.497 e. The third kappa shape index (κ3) is 3.09. The summed E-state index contributed by atoms with van der Waals surface area (Å²) in [5.41, 5.74) is 2.39. The van der Waals surface area contributed by atoms with Crippen LogP contribution in [0.1, 0.15) is 21.5 Å². The van der Waals surface area contributed by atoms with Crippen LogP contribution in [0.4, 0.5) is 6.01 Å². The highest BCUT2D eigenvalue weighted by Gasteiger charge is 2.16. The lowest BCUT2D eigenvalue weighted by molar-refractivity contribution is 0.102. The van der Waals surface area contributed by atoms with Crippen LogP contribution in [0.15, 0.2) is 34.1 Å². The number of thiophene rings is 1. The summed E-state index contributed by atoms with van der Waals surface area (Å²) in [5.74, 6) is 0.801.